The summed E-state index contributed by atoms with van der Waals surface area (Å²) in [5.74, 6) is 1.36. The molecule has 0 bridgehead atoms. The van der Waals surface area contributed by atoms with Crippen LogP contribution in [0.25, 0.3) is 9.95 Å². The van der Waals surface area contributed by atoms with Crippen molar-refractivity contribution in [3.63, 3.8) is 0 Å². The third kappa shape index (κ3) is 5.17. The van der Waals surface area contributed by atoms with Gasteiger partial charge in [-0.2, -0.15) is 0 Å². The molecule has 4 aromatic rings. The van der Waals surface area contributed by atoms with E-state index < -0.39 is 0 Å². The number of diazo groups is 2. The summed E-state index contributed by atoms with van der Waals surface area (Å²) in [6, 6.07) is 23.2. The average molecular weight is 406 g/mol. The first-order valence-electron chi connectivity index (χ1n) is 9.56. The summed E-state index contributed by atoms with van der Waals surface area (Å²) in [6.45, 7) is 0. The van der Waals surface area contributed by atoms with Crippen molar-refractivity contribution in [3.05, 3.63) is 106 Å². The van der Waals surface area contributed by atoms with Gasteiger partial charge in [0.1, 0.15) is 24.0 Å². The Bertz CT molecular complexity index is 1130. The lowest BCUT2D eigenvalue weighted by Gasteiger charge is -2.08. The molecule has 8 heteroatoms. The Kier molecular flexibility index (Phi) is 5.73. The third-order valence-electron chi connectivity index (χ3n) is 4.59. The van der Waals surface area contributed by atoms with E-state index in [0.717, 1.165) is 17.8 Å². The predicted molar refractivity (Wildman–Crippen MR) is 120 cm³/mol. The van der Waals surface area contributed by atoms with E-state index in [1.54, 1.807) is 24.3 Å². The van der Waals surface area contributed by atoms with E-state index in [-0.39, 0.29) is 0 Å². The van der Waals surface area contributed by atoms with Crippen molar-refractivity contribution in [1.29, 1.82) is 10.8 Å². The fraction of sp³-hybridized carbons (Fsp3) is 0.0435. The van der Waals surface area contributed by atoms with Crippen LogP contribution in [0, 0.1) is 10.8 Å². The molecule has 0 saturated heterocycles. The highest BCUT2D eigenvalue weighted by Gasteiger charge is 2.06. The van der Waals surface area contributed by atoms with Crippen LogP contribution < -0.4 is 10.6 Å². The molecule has 0 amide bonds. The first-order valence-corrected chi connectivity index (χ1v) is 9.56. The van der Waals surface area contributed by atoms with Crippen LogP contribution in [0.4, 0.5) is 34.4 Å². The molecular formula is C23H18N8+2. The molecule has 0 unspecified atom stereocenters. The lowest BCUT2D eigenvalue weighted by molar-refractivity contribution is 1.19. The zero-order valence-corrected chi connectivity index (χ0v) is 16.5. The van der Waals surface area contributed by atoms with Crippen LogP contribution in [0.5, 0.6) is 0 Å². The van der Waals surface area contributed by atoms with Crippen molar-refractivity contribution in [2.45, 2.75) is 6.42 Å². The highest BCUT2D eigenvalue weighted by Crippen LogP contribution is 2.21. The van der Waals surface area contributed by atoms with Gasteiger partial charge in [0, 0.05) is 23.5 Å². The molecule has 0 spiro atoms. The largest absolute Gasteiger partial charge is 0.403 e. The molecule has 0 fully saturated rings. The number of nitrogens with zero attached hydrogens (tertiary/aromatic N) is 6. The van der Waals surface area contributed by atoms with E-state index in [1.807, 2.05) is 24.3 Å². The van der Waals surface area contributed by atoms with Gasteiger partial charge in [0.05, 0.1) is 0 Å². The molecule has 31 heavy (non-hydrogen) atoms. The van der Waals surface area contributed by atoms with E-state index in [9.17, 15) is 0 Å². The van der Waals surface area contributed by atoms with E-state index in [4.69, 9.17) is 10.8 Å². The van der Waals surface area contributed by atoms with Gasteiger partial charge in [-0.1, -0.05) is 24.3 Å². The van der Waals surface area contributed by atoms with E-state index >= 15 is 0 Å². The molecule has 0 aliphatic carbocycles. The van der Waals surface area contributed by atoms with Gasteiger partial charge in [-0.25, -0.2) is 9.97 Å². The Morgan fingerprint density at radius 3 is 1.32 bits per heavy atom. The molecule has 148 valence electrons. The van der Waals surface area contributed by atoms with Gasteiger partial charge in [0.15, 0.2) is 9.95 Å². The molecule has 2 heterocycles. The number of pyridine rings is 2. The molecular weight excluding hydrogens is 388 g/mol. The molecule has 0 atom stereocenters. The second-order valence-corrected chi connectivity index (χ2v) is 6.82. The molecule has 8 nitrogen and oxygen atoms in total. The van der Waals surface area contributed by atoms with Crippen molar-refractivity contribution < 1.29 is 0 Å². The van der Waals surface area contributed by atoms with Crippen molar-refractivity contribution in [1.82, 2.24) is 9.97 Å². The van der Waals surface area contributed by atoms with Crippen molar-refractivity contribution in [2.75, 3.05) is 10.6 Å². The first-order chi connectivity index (χ1) is 15.2. The van der Waals surface area contributed by atoms with Crippen molar-refractivity contribution in [3.8, 4) is 0 Å². The van der Waals surface area contributed by atoms with E-state index in [1.165, 1.54) is 23.5 Å². The number of anilines is 4. The Labute approximate surface area is 178 Å². The quantitative estimate of drug-likeness (QED) is 0.353. The second-order valence-electron chi connectivity index (χ2n) is 6.82. The van der Waals surface area contributed by atoms with Gasteiger partial charge in [-0.05, 0) is 53.9 Å². The second kappa shape index (κ2) is 9.12. The minimum Gasteiger partial charge on any atom is -0.340 e. The summed E-state index contributed by atoms with van der Waals surface area (Å²) < 4.78 is 0. The molecule has 4 rings (SSSR count). The van der Waals surface area contributed by atoms with Crippen LogP contribution >= 0.6 is 0 Å². The lowest BCUT2D eigenvalue weighted by atomic mass is 10.0. The number of aromatic nitrogens is 2. The number of rotatable bonds is 6. The minimum absolute atomic E-state index is 0.411. The Balaban J connectivity index is 1.35. The van der Waals surface area contributed by atoms with Crippen molar-refractivity contribution >= 4 is 34.4 Å². The molecule has 0 radical (unpaired) electrons. The van der Waals surface area contributed by atoms with Crippen LogP contribution in [0.15, 0.2) is 85.2 Å². The van der Waals surface area contributed by atoms with Crippen LogP contribution in [0.1, 0.15) is 11.1 Å². The van der Waals surface area contributed by atoms with E-state index in [2.05, 4.69) is 54.8 Å². The fourth-order valence-electron chi connectivity index (χ4n) is 2.98. The van der Waals surface area contributed by atoms with Gasteiger partial charge < -0.3 is 10.6 Å². The molecule has 2 N–H and O–H groups in total. The Hall–Kier alpha value is -4.82. The van der Waals surface area contributed by atoms with Crippen LogP contribution in [-0.2, 0) is 6.42 Å². The Morgan fingerprint density at radius 1 is 0.581 bits per heavy atom. The maximum absolute atomic E-state index is 8.72. The molecule has 2 aromatic carbocycles. The van der Waals surface area contributed by atoms with Gasteiger partial charge >= 0.3 is 11.4 Å². The standard InChI is InChI=1S/C23H18N8/c24-30-20-9-11-22(26-14-20)28-18-5-1-16(2-6-18)13-17-3-7-19(8-4-17)29-23-12-10-21(31-25)15-27-23/h1-12,14-15H,13H2,(H,26,28)(H,27,29)/q+2. The maximum Gasteiger partial charge on any atom is 0.403 e. The Morgan fingerprint density at radius 2 is 1.00 bits per heavy atom. The van der Waals surface area contributed by atoms with Crippen LogP contribution in [0.3, 0.4) is 0 Å². The SMILES string of the molecule is N#[N+]c1ccc(Nc2ccc(Cc3ccc(Nc4ccc([N+]#N)cn4)cc3)cc2)nc1. The summed E-state index contributed by atoms with van der Waals surface area (Å²) in [5, 5.41) is 23.9. The topological polar surface area (TPSA) is 106 Å². The molecule has 0 saturated carbocycles. The average Bonchev–Trinajstić information content (AvgIpc) is 2.82. The van der Waals surface area contributed by atoms with Crippen molar-refractivity contribution in [2.24, 2.45) is 0 Å². The van der Waals surface area contributed by atoms with Gasteiger partial charge in [0.2, 0.25) is 10.8 Å². The zero-order chi connectivity index (χ0) is 21.5. The highest BCUT2D eigenvalue weighted by atomic mass is 15.0. The number of hydrogen-bond donors (Lipinski definition) is 2. The monoisotopic (exact) mass is 406 g/mol. The summed E-state index contributed by atoms with van der Waals surface area (Å²) >= 11 is 0. The van der Waals surface area contributed by atoms with E-state index in [0.29, 0.717) is 23.0 Å². The maximum atomic E-state index is 8.72. The summed E-state index contributed by atoms with van der Waals surface area (Å²) in [6.07, 6.45) is 3.80. The van der Waals surface area contributed by atoms with Gasteiger partial charge in [-0.3, -0.25) is 0 Å². The van der Waals surface area contributed by atoms with Crippen LogP contribution in [0.2, 0.25) is 0 Å². The predicted octanol–water partition coefficient (Wildman–Crippen LogP) is 6.52. The van der Waals surface area contributed by atoms with Crippen LogP contribution in [-0.4, -0.2) is 9.97 Å². The summed E-state index contributed by atoms with van der Waals surface area (Å²) in [7, 11) is 0. The smallest absolute Gasteiger partial charge is 0.340 e. The van der Waals surface area contributed by atoms with Gasteiger partial charge in [-0.15, -0.1) is 0 Å². The molecule has 2 aromatic heterocycles. The number of benzene rings is 2. The summed E-state index contributed by atoms with van der Waals surface area (Å²) in [5.41, 5.74) is 5.06. The molecule has 0 aliphatic rings. The lowest BCUT2D eigenvalue weighted by Crippen LogP contribution is -1.95. The normalized spacial score (nSPS) is 10.0. The molecule has 0 aliphatic heterocycles. The highest BCUT2D eigenvalue weighted by molar-refractivity contribution is 5.60. The first kappa shape index (κ1) is 19.5. The number of hydrogen-bond acceptors (Lipinski definition) is 6. The van der Waals surface area contributed by atoms with Gasteiger partial charge in [0.25, 0.3) is 0 Å². The zero-order valence-electron chi connectivity index (χ0n) is 16.5. The fourth-order valence-corrected chi connectivity index (χ4v) is 2.98. The minimum atomic E-state index is 0.411. The summed E-state index contributed by atoms with van der Waals surface area (Å²) in [4.78, 5) is 14.6. The third-order valence-corrected chi connectivity index (χ3v) is 4.59. The number of nitrogens with one attached hydrogen (secondary N) is 2.